The molecular formula is C25H33FO2. The second-order valence-electron chi connectivity index (χ2n) is 8.03. The van der Waals surface area contributed by atoms with Crippen LogP contribution in [0.15, 0.2) is 42.5 Å². The number of ether oxygens (including phenoxy) is 2. The molecule has 3 rings (SSSR count). The van der Waals surface area contributed by atoms with Crippen LogP contribution in [-0.4, -0.2) is 13.9 Å². The van der Waals surface area contributed by atoms with Crippen LogP contribution in [0.4, 0.5) is 4.39 Å². The van der Waals surface area contributed by atoms with Crippen LogP contribution in [0.1, 0.15) is 69.8 Å². The first kappa shape index (κ1) is 20.9. The highest BCUT2D eigenvalue weighted by Gasteiger charge is 2.22. The van der Waals surface area contributed by atoms with Gasteiger partial charge in [0.2, 0.25) is 0 Å². The summed E-state index contributed by atoms with van der Waals surface area (Å²) in [6, 6.07) is 13.3. The van der Waals surface area contributed by atoms with Crippen molar-refractivity contribution < 1.29 is 13.9 Å². The summed E-state index contributed by atoms with van der Waals surface area (Å²) in [6.45, 7) is 2.47. The molecule has 2 aromatic rings. The largest absolute Gasteiger partial charge is 0.468 e. The molecule has 152 valence electrons. The molecule has 1 saturated carbocycles. The lowest BCUT2D eigenvalue weighted by Gasteiger charge is -2.29. The fourth-order valence-electron chi connectivity index (χ4n) is 4.34. The number of benzene rings is 2. The molecule has 0 bridgehead atoms. The van der Waals surface area contributed by atoms with E-state index in [0.29, 0.717) is 11.5 Å². The fraction of sp³-hybridized carbons (Fsp3) is 0.520. The summed E-state index contributed by atoms with van der Waals surface area (Å²) >= 11 is 0. The molecule has 1 aliphatic rings. The summed E-state index contributed by atoms with van der Waals surface area (Å²) in [5, 5.41) is 0. The first-order chi connectivity index (χ1) is 13.7. The van der Waals surface area contributed by atoms with E-state index in [1.807, 2.05) is 30.3 Å². The van der Waals surface area contributed by atoms with Crippen LogP contribution < -0.4 is 4.74 Å². The second kappa shape index (κ2) is 10.6. The van der Waals surface area contributed by atoms with Crippen molar-refractivity contribution >= 4 is 0 Å². The minimum absolute atomic E-state index is 0.131. The van der Waals surface area contributed by atoms with Gasteiger partial charge in [-0.2, -0.15) is 0 Å². The number of methoxy groups -OCH3 is 1. The zero-order chi connectivity index (χ0) is 19.8. The van der Waals surface area contributed by atoms with Crippen molar-refractivity contribution in [2.75, 3.05) is 13.9 Å². The molecule has 0 spiro atoms. The van der Waals surface area contributed by atoms with Gasteiger partial charge in [-0.05, 0) is 66.8 Å². The third-order valence-electron chi connectivity index (χ3n) is 6.04. The molecule has 0 amide bonds. The third-order valence-corrected chi connectivity index (χ3v) is 6.04. The minimum atomic E-state index is -0.131. The summed E-state index contributed by atoms with van der Waals surface area (Å²) in [5.41, 5.74) is 2.68. The monoisotopic (exact) mass is 384 g/mol. The van der Waals surface area contributed by atoms with Crippen LogP contribution >= 0.6 is 0 Å². The average Bonchev–Trinajstić information content (AvgIpc) is 2.73. The summed E-state index contributed by atoms with van der Waals surface area (Å²) in [6.07, 6.45) is 10.4. The molecule has 3 heteroatoms. The standard InChI is InChI=1S/C25H33FO2/c1-3-4-5-6-19-7-9-20(10-8-19)22-13-16-24(25(26)17-22)21-11-14-23(15-12-21)28-18-27-2/h11-17,19-20H,3-10,18H2,1-2H3. The van der Waals surface area contributed by atoms with E-state index in [1.54, 1.807) is 13.2 Å². The molecule has 0 saturated heterocycles. The highest BCUT2D eigenvalue weighted by molar-refractivity contribution is 5.65. The van der Waals surface area contributed by atoms with E-state index in [4.69, 9.17) is 9.47 Å². The van der Waals surface area contributed by atoms with E-state index >= 15 is 0 Å². The van der Waals surface area contributed by atoms with Crippen molar-refractivity contribution in [1.29, 1.82) is 0 Å². The smallest absolute Gasteiger partial charge is 0.188 e. The lowest BCUT2D eigenvalue weighted by molar-refractivity contribution is 0.0511. The first-order valence-corrected chi connectivity index (χ1v) is 10.7. The number of unbranched alkanes of at least 4 members (excludes halogenated alkanes) is 2. The highest BCUT2D eigenvalue weighted by atomic mass is 19.1. The summed E-state index contributed by atoms with van der Waals surface area (Å²) in [7, 11) is 1.59. The van der Waals surface area contributed by atoms with Crippen molar-refractivity contribution in [2.45, 2.75) is 64.2 Å². The van der Waals surface area contributed by atoms with Crippen molar-refractivity contribution in [3.63, 3.8) is 0 Å². The van der Waals surface area contributed by atoms with Gasteiger partial charge in [-0.15, -0.1) is 0 Å². The van der Waals surface area contributed by atoms with Gasteiger partial charge in [0, 0.05) is 12.7 Å². The van der Waals surface area contributed by atoms with E-state index in [0.717, 1.165) is 22.8 Å². The Balaban J connectivity index is 1.60. The first-order valence-electron chi connectivity index (χ1n) is 10.7. The molecule has 2 aromatic carbocycles. The molecule has 0 atom stereocenters. The van der Waals surface area contributed by atoms with Gasteiger partial charge in [0.1, 0.15) is 11.6 Å². The van der Waals surface area contributed by atoms with Crippen LogP contribution in [0.5, 0.6) is 5.75 Å². The number of hydrogen-bond donors (Lipinski definition) is 0. The molecule has 2 nitrogen and oxygen atoms in total. The number of hydrogen-bond acceptors (Lipinski definition) is 2. The topological polar surface area (TPSA) is 18.5 Å². The maximum absolute atomic E-state index is 14.8. The van der Waals surface area contributed by atoms with Crippen molar-refractivity contribution in [3.8, 4) is 16.9 Å². The Labute approximate surface area is 169 Å². The van der Waals surface area contributed by atoms with Gasteiger partial charge in [-0.3, -0.25) is 0 Å². The van der Waals surface area contributed by atoms with Crippen LogP contribution in [0.2, 0.25) is 0 Å². The Morgan fingerprint density at radius 3 is 2.36 bits per heavy atom. The molecular weight excluding hydrogens is 351 g/mol. The maximum atomic E-state index is 14.8. The Morgan fingerprint density at radius 1 is 0.964 bits per heavy atom. The normalized spacial score (nSPS) is 19.5. The second-order valence-corrected chi connectivity index (χ2v) is 8.03. The lowest BCUT2D eigenvalue weighted by atomic mass is 9.77. The zero-order valence-electron chi connectivity index (χ0n) is 17.3. The SMILES string of the molecule is CCCCCC1CCC(c2ccc(-c3ccc(OCOC)cc3)c(F)c2)CC1. The van der Waals surface area contributed by atoms with Gasteiger partial charge < -0.3 is 9.47 Å². The Morgan fingerprint density at radius 2 is 1.71 bits per heavy atom. The highest BCUT2D eigenvalue weighted by Crippen LogP contribution is 2.39. The summed E-state index contributed by atoms with van der Waals surface area (Å²) in [5.74, 6) is 1.98. The van der Waals surface area contributed by atoms with E-state index in [9.17, 15) is 4.39 Å². The van der Waals surface area contributed by atoms with Crippen molar-refractivity contribution in [2.24, 2.45) is 5.92 Å². The van der Waals surface area contributed by atoms with Crippen molar-refractivity contribution in [1.82, 2.24) is 0 Å². The van der Waals surface area contributed by atoms with Gasteiger partial charge >= 0.3 is 0 Å². The van der Waals surface area contributed by atoms with Crippen molar-refractivity contribution in [3.05, 3.63) is 53.8 Å². The van der Waals surface area contributed by atoms with E-state index in [2.05, 4.69) is 13.0 Å². The lowest BCUT2D eigenvalue weighted by Crippen LogP contribution is -2.13. The fourth-order valence-corrected chi connectivity index (χ4v) is 4.34. The quantitative estimate of drug-likeness (QED) is 0.333. The molecule has 0 radical (unpaired) electrons. The predicted molar refractivity (Wildman–Crippen MR) is 113 cm³/mol. The molecule has 0 N–H and O–H groups in total. The summed E-state index contributed by atoms with van der Waals surface area (Å²) in [4.78, 5) is 0. The Bertz CT molecular complexity index is 718. The third kappa shape index (κ3) is 5.57. The molecule has 0 aliphatic heterocycles. The van der Waals surface area contributed by atoms with Gasteiger partial charge in [-0.1, -0.05) is 56.9 Å². The van der Waals surface area contributed by atoms with Gasteiger partial charge in [0.25, 0.3) is 0 Å². The number of halogens is 1. The molecule has 0 aromatic heterocycles. The van der Waals surface area contributed by atoms with E-state index in [1.165, 1.54) is 51.4 Å². The Hall–Kier alpha value is -1.87. The predicted octanol–water partition coefficient (Wildman–Crippen LogP) is 7.33. The average molecular weight is 385 g/mol. The van der Waals surface area contributed by atoms with Crippen LogP contribution in [-0.2, 0) is 4.74 Å². The summed E-state index contributed by atoms with van der Waals surface area (Å²) < 4.78 is 25.1. The van der Waals surface area contributed by atoms with E-state index < -0.39 is 0 Å². The van der Waals surface area contributed by atoms with E-state index in [-0.39, 0.29) is 12.6 Å². The molecule has 1 fully saturated rings. The maximum Gasteiger partial charge on any atom is 0.188 e. The van der Waals surface area contributed by atoms with Crippen LogP contribution in [0.3, 0.4) is 0 Å². The molecule has 0 unspecified atom stereocenters. The van der Waals surface area contributed by atoms with Crippen LogP contribution in [0.25, 0.3) is 11.1 Å². The van der Waals surface area contributed by atoms with Gasteiger partial charge in [-0.25, -0.2) is 4.39 Å². The van der Waals surface area contributed by atoms with Crippen LogP contribution in [0, 0.1) is 11.7 Å². The Kier molecular flexibility index (Phi) is 7.90. The van der Waals surface area contributed by atoms with Gasteiger partial charge in [0.15, 0.2) is 6.79 Å². The molecule has 1 aliphatic carbocycles. The van der Waals surface area contributed by atoms with Gasteiger partial charge in [0.05, 0.1) is 0 Å². The minimum Gasteiger partial charge on any atom is -0.468 e. The molecule has 28 heavy (non-hydrogen) atoms. The molecule has 0 heterocycles. The number of rotatable bonds is 9. The zero-order valence-corrected chi connectivity index (χ0v) is 17.3.